The van der Waals surface area contributed by atoms with Crippen molar-refractivity contribution in [1.29, 1.82) is 0 Å². The van der Waals surface area contributed by atoms with Crippen LogP contribution in [0.2, 0.25) is 5.02 Å². The number of fused-ring (bicyclic) bond motifs is 1. The number of hydrogen-bond donors (Lipinski definition) is 1. The van der Waals surface area contributed by atoms with Crippen molar-refractivity contribution >= 4 is 60.7 Å². The third kappa shape index (κ3) is 5.27. The Morgan fingerprint density at radius 3 is 2.50 bits per heavy atom. The van der Waals surface area contributed by atoms with E-state index in [-0.39, 0.29) is 29.9 Å². The minimum absolute atomic E-state index is 0.0217. The number of amides is 1. The van der Waals surface area contributed by atoms with Gasteiger partial charge in [0.1, 0.15) is 22.0 Å². The topological polar surface area (TPSA) is 140 Å². The van der Waals surface area contributed by atoms with Crippen molar-refractivity contribution in [3.8, 4) is 5.75 Å². The molecule has 5 rings (SSSR count). The Morgan fingerprint density at radius 1 is 1.12 bits per heavy atom. The van der Waals surface area contributed by atoms with E-state index in [2.05, 4.69) is 20.3 Å². The Bertz CT molecular complexity index is 1750. The molecule has 0 aliphatic carbocycles. The summed E-state index contributed by atoms with van der Waals surface area (Å²) in [6.45, 7) is 4.28. The molecule has 0 unspecified atom stereocenters. The van der Waals surface area contributed by atoms with Gasteiger partial charge in [-0.15, -0.1) is 11.3 Å². The summed E-state index contributed by atoms with van der Waals surface area (Å²) in [7, 11) is -2.57. The molecule has 1 amide bonds. The lowest BCUT2D eigenvalue weighted by Gasteiger charge is -2.33. The van der Waals surface area contributed by atoms with Gasteiger partial charge in [-0.3, -0.25) is 14.2 Å². The number of anilines is 2. The standard InChI is InChI=1S/C25H26ClN7O5S2/c1-15-11-18(19(38-3)12-17(15)26)30-20(34)13-32-14-29-23-21(24(32)35)22(16(2)39-23)40(36,37)33-9-7-31(8-10-33)25-27-5-4-6-28-25/h4-6,11-12,14H,7-10,13H2,1-3H3,(H,30,34). The fraction of sp³-hybridized carbons (Fsp3) is 0.320. The Balaban J connectivity index is 1.41. The van der Waals surface area contributed by atoms with Crippen molar-refractivity contribution < 1.29 is 17.9 Å². The molecule has 4 aromatic rings. The number of nitrogens with zero attached hydrogens (tertiary/aromatic N) is 6. The van der Waals surface area contributed by atoms with Crippen molar-refractivity contribution in [2.45, 2.75) is 25.3 Å². The molecule has 0 radical (unpaired) electrons. The summed E-state index contributed by atoms with van der Waals surface area (Å²) in [6, 6.07) is 4.97. The first-order valence-electron chi connectivity index (χ1n) is 12.2. The predicted octanol–water partition coefficient (Wildman–Crippen LogP) is 2.68. The number of ether oxygens (including phenoxy) is 1. The van der Waals surface area contributed by atoms with Gasteiger partial charge < -0.3 is 15.0 Å². The molecule has 1 aromatic carbocycles. The minimum Gasteiger partial charge on any atom is -0.495 e. The monoisotopic (exact) mass is 603 g/mol. The number of benzene rings is 1. The third-order valence-corrected chi connectivity index (χ3v) is 10.2. The molecule has 0 spiro atoms. The Hall–Kier alpha value is -3.59. The number of rotatable bonds is 7. The summed E-state index contributed by atoms with van der Waals surface area (Å²) in [5.41, 5.74) is 0.517. The van der Waals surface area contributed by atoms with Crippen molar-refractivity contribution in [3.05, 3.63) is 62.7 Å². The number of thiophene rings is 1. The lowest BCUT2D eigenvalue weighted by atomic mass is 10.2. The number of nitrogens with one attached hydrogen (secondary N) is 1. The summed E-state index contributed by atoms with van der Waals surface area (Å²) in [5.74, 6) is 0.387. The van der Waals surface area contributed by atoms with Gasteiger partial charge in [0.25, 0.3) is 5.56 Å². The van der Waals surface area contributed by atoms with Gasteiger partial charge in [0.15, 0.2) is 0 Å². The average molecular weight is 604 g/mol. The quantitative estimate of drug-likeness (QED) is 0.338. The van der Waals surface area contributed by atoms with Gasteiger partial charge in [0, 0.05) is 54.5 Å². The maximum Gasteiger partial charge on any atom is 0.263 e. The SMILES string of the molecule is COc1cc(Cl)c(C)cc1NC(=O)Cn1cnc2sc(C)c(S(=O)(=O)N3CCN(c4ncccn4)CC3)c2c1=O. The molecule has 0 saturated carbocycles. The molecule has 1 aliphatic heterocycles. The highest BCUT2D eigenvalue weighted by Crippen LogP contribution is 2.34. The zero-order chi connectivity index (χ0) is 28.6. The molecule has 4 heterocycles. The Labute approximate surface area is 239 Å². The van der Waals surface area contributed by atoms with Gasteiger partial charge in [-0.1, -0.05) is 11.6 Å². The van der Waals surface area contributed by atoms with E-state index in [4.69, 9.17) is 16.3 Å². The number of aryl methyl sites for hydroxylation is 2. The molecule has 1 N–H and O–H groups in total. The summed E-state index contributed by atoms with van der Waals surface area (Å²) in [5, 5.41) is 3.19. The van der Waals surface area contributed by atoms with Crippen LogP contribution in [0.4, 0.5) is 11.6 Å². The van der Waals surface area contributed by atoms with Crippen molar-refractivity contribution in [3.63, 3.8) is 0 Å². The van der Waals surface area contributed by atoms with Crippen LogP contribution in [0.1, 0.15) is 10.4 Å². The van der Waals surface area contributed by atoms with Crippen LogP contribution >= 0.6 is 22.9 Å². The van der Waals surface area contributed by atoms with Gasteiger partial charge in [0.2, 0.25) is 21.9 Å². The summed E-state index contributed by atoms with van der Waals surface area (Å²) in [6.07, 6.45) is 4.52. The zero-order valence-corrected chi connectivity index (χ0v) is 24.3. The van der Waals surface area contributed by atoms with E-state index in [0.29, 0.717) is 45.2 Å². The first-order valence-corrected chi connectivity index (χ1v) is 14.9. The van der Waals surface area contributed by atoms with E-state index in [1.807, 2.05) is 4.90 Å². The molecule has 210 valence electrons. The molecule has 0 bridgehead atoms. The second-order valence-electron chi connectivity index (χ2n) is 9.13. The lowest BCUT2D eigenvalue weighted by Crippen LogP contribution is -2.49. The van der Waals surface area contributed by atoms with Crippen LogP contribution in [-0.4, -0.2) is 71.4 Å². The van der Waals surface area contributed by atoms with Crippen LogP contribution in [-0.2, 0) is 21.4 Å². The molecule has 1 aliphatic rings. The minimum atomic E-state index is -4.02. The largest absolute Gasteiger partial charge is 0.495 e. The number of sulfonamides is 1. The molecule has 15 heteroatoms. The highest BCUT2D eigenvalue weighted by molar-refractivity contribution is 7.89. The van der Waals surface area contributed by atoms with E-state index in [1.165, 1.54) is 17.7 Å². The molecule has 1 fully saturated rings. The van der Waals surface area contributed by atoms with Crippen LogP contribution in [0, 0.1) is 13.8 Å². The van der Waals surface area contributed by atoms with E-state index >= 15 is 0 Å². The fourth-order valence-electron chi connectivity index (χ4n) is 4.52. The van der Waals surface area contributed by atoms with Crippen LogP contribution < -0.4 is 20.5 Å². The van der Waals surface area contributed by atoms with Crippen LogP contribution in [0.15, 0.2) is 46.6 Å². The summed E-state index contributed by atoms with van der Waals surface area (Å²) < 4.78 is 35.3. The maximum absolute atomic E-state index is 13.8. The second kappa shape index (κ2) is 11.1. The molecule has 40 heavy (non-hydrogen) atoms. The van der Waals surface area contributed by atoms with Gasteiger partial charge in [-0.05, 0) is 31.5 Å². The molecule has 1 saturated heterocycles. The lowest BCUT2D eigenvalue weighted by molar-refractivity contribution is -0.116. The normalized spacial score (nSPS) is 14.4. The Morgan fingerprint density at radius 2 is 1.82 bits per heavy atom. The number of carbonyl (C=O) groups is 1. The van der Waals surface area contributed by atoms with Gasteiger partial charge in [0.05, 0.1) is 24.5 Å². The van der Waals surface area contributed by atoms with Crippen molar-refractivity contribution in [2.24, 2.45) is 0 Å². The number of methoxy groups -OCH3 is 1. The van der Waals surface area contributed by atoms with Crippen LogP contribution in [0.3, 0.4) is 0 Å². The van der Waals surface area contributed by atoms with E-state index in [0.717, 1.165) is 21.5 Å². The van der Waals surface area contributed by atoms with Crippen LogP contribution in [0.25, 0.3) is 10.2 Å². The predicted molar refractivity (Wildman–Crippen MR) is 153 cm³/mol. The maximum atomic E-state index is 13.8. The number of halogens is 1. The fourth-order valence-corrected chi connectivity index (χ4v) is 7.77. The molecule has 0 atom stereocenters. The third-order valence-electron chi connectivity index (χ3n) is 6.54. The van der Waals surface area contributed by atoms with Gasteiger partial charge in [-0.2, -0.15) is 4.31 Å². The number of aromatic nitrogens is 4. The van der Waals surface area contributed by atoms with E-state index in [1.54, 1.807) is 44.4 Å². The molecule has 3 aromatic heterocycles. The number of hydrogen-bond acceptors (Lipinski definition) is 10. The Kier molecular flexibility index (Phi) is 7.77. The van der Waals surface area contributed by atoms with Crippen LogP contribution in [0.5, 0.6) is 5.75 Å². The van der Waals surface area contributed by atoms with Gasteiger partial charge in [-0.25, -0.2) is 23.4 Å². The highest BCUT2D eigenvalue weighted by atomic mass is 35.5. The molecule has 12 nitrogen and oxygen atoms in total. The summed E-state index contributed by atoms with van der Waals surface area (Å²) in [4.78, 5) is 41.8. The zero-order valence-electron chi connectivity index (χ0n) is 21.9. The first-order chi connectivity index (χ1) is 19.1. The average Bonchev–Trinajstić information content (AvgIpc) is 3.30. The van der Waals surface area contributed by atoms with Crippen molar-refractivity contribution in [2.75, 3.05) is 43.5 Å². The van der Waals surface area contributed by atoms with Gasteiger partial charge >= 0.3 is 0 Å². The first kappa shape index (κ1) is 28.0. The van der Waals surface area contributed by atoms with E-state index < -0.39 is 21.5 Å². The summed E-state index contributed by atoms with van der Waals surface area (Å²) >= 11 is 7.28. The molecular weight excluding hydrogens is 578 g/mol. The number of carbonyl (C=O) groups excluding carboxylic acids is 1. The highest BCUT2D eigenvalue weighted by Gasteiger charge is 2.34. The van der Waals surface area contributed by atoms with E-state index in [9.17, 15) is 18.0 Å². The number of piperazine rings is 1. The molecular formula is C25H26ClN7O5S2. The van der Waals surface area contributed by atoms with Crippen molar-refractivity contribution in [1.82, 2.24) is 23.8 Å². The smallest absolute Gasteiger partial charge is 0.263 e. The second-order valence-corrected chi connectivity index (χ2v) is 12.6.